The molecule has 0 saturated carbocycles. The van der Waals surface area contributed by atoms with Gasteiger partial charge in [0.15, 0.2) is 0 Å². The summed E-state index contributed by atoms with van der Waals surface area (Å²) in [5, 5.41) is 22.9. The van der Waals surface area contributed by atoms with Crippen LogP contribution in [0.3, 0.4) is 0 Å². The first-order chi connectivity index (χ1) is 9.66. The van der Waals surface area contributed by atoms with E-state index >= 15 is 0 Å². The van der Waals surface area contributed by atoms with Crippen LogP contribution in [-0.2, 0) is 0 Å². The van der Waals surface area contributed by atoms with E-state index in [0.717, 1.165) is 10.8 Å². The molecule has 0 radical (unpaired) electrons. The number of aliphatic hydroxyl groups is 1. The maximum atomic E-state index is 10.6. The van der Waals surface area contributed by atoms with E-state index in [1.807, 2.05) is 36.4 Å². The van der Waals surface area contributed by atoms with E-state index in [-0.39, 0.29) is 11.6 Å². The number of fused-ring (bicyclic) bond motifs is 1. The Morgan fingerprint density at radius 3 is 2.55 bits per heavy atom. The molecule has 1 N–H and O–H groups in total. The molecular formula is C15H11NO4. The molecule has 0 bridgehead atoms. The van der Waals surface area contributed by atoms with Gasteiger partial charge in [0.2, 0.25) is 0 Å². The number of hydrogen-bond donors (Lipinski definition) is 1. The van der Waals surface area contributed by atoms with Crippen molar-refractivity contribution in [3.05, 3.63) is 76.0 Å². The lowest BCUT2D eigenvalue weighted by molar-refractivity contribution is -0.402. The number of benzene rings is 2. The van der Waals surface area contributed by atoms with Gasteiger partial charge in [-0.05, 0) is 22.4 Å². The van der Waals surface area contributed by atoms with Gasteiger partial charge < -0.3 is 9.52 Å². The number of nitrogens with zero attached hydrogens (tertiary/aromatic N) is 1. The van der Waals surface area contributed by atoms with Crippen LogP contribution >= 0.6 is 0 Å². The van der Waals surface area contributed by atoms with Crippen molar-refractivity contribution in [2.75, 3.05) is 0 Å². The van der Waals surface area contributed by atoms with E-state index in [0.29, 0.717) is 5.56 Å². The highest BCUT2D eigenvalue weighted by Gasteiger charge is 2.20. The molecule has 3 rings (SSSR count). The van der Waals surface area contributed by atoms with E-state index in [2.05, 4.69) is 0 Å². The molecule has 0 saturated heterocycles. The Labute approximate surface area is 114 Å². The highest BCUT2D eigenvalue weighted by molar-refractivity contribution is 5.86. The standard InChI is InChI=1S/C15H11NO4/c17-15(13-8-9-14(20-13)16(18)19)12-7-3-5-10-4-1-2-6-11(10)12/h1-9,15,17H. The van der Waals surface area contributed by atoms with Crippen LogP contribution in [0.15, 0.2) is 59.0 Å². The molecule has 0 spiro atoms. The Balaban J connectivity index is 2.07. The first kappa shape index (κ1) is 12.4. The molecular weight excluding hydrogens is 258 g/mol. The fraction of sp³-hybridized carbons (Fsp3) is 0.0667. The first-order valence-electron chi connectivity index (χ1n) is 6.06. The minimum atomic E-state index is -1.03. The number of hydrogen-bond acceptors (Lipinski definition) is 4. The van der Waals surface area contributed by atoms with Gasteiger partial charge in [-0.2, -0.15) is 0 Å². The van der Waals surface area contributed by atoms with Crippen molar-refractivity contribution in [2.24, 2.45) is 0 Å². The average Bonchev–Trinajstić information content (AvgIpc) is 2.96. The predicted octanol–water partition coefficient (Wildman–Crippen LogP) is 3.42. The lowest BCUT2D eigenvalue weighted by Gasteiger charge is -2.11. The summed E-state index contributed by atoms with van der Waals surface area (Å²) < 4.78 is 5.06. The van der Waals surface area contributed by atoms with Crippen LogP contribution in [0, 0.1) is 10.1 Å². The van der Waals surface area contributed by atoms with Gasteiger partial charge in [-0.15, -0.1) is 0 Å². The highest BCUT2D eigenvalue weighted by Crippen LogP contribution is 2.31. The molecule has 100 valence electrons. The molecule has 0 fully saturated rings. The molecule has 1 heterocycles. The van der Waals surface area contributed by atoms with Crippen molar-refractivity contribution < 1.29 is 14.4 Å². The monoisotopic (exact) mass is 269 g/mol. The topological polar surface area (TPSA) is 76.5 Å². The lowest BCUT2D eigenvalue weighted by Crippen LogP contribution is -1.99. The number of furan rings is 1. The largest absolute Gasteiger partial charge is 0.433 e. The van der Waals surface area contributed by atoms with E-state index in [1.165, 1.54) is 12.1 Å². The van der Waals surface area contributed by atoms with Crippen LogP contribution in [0.4, 0.5) is 5.88 Å². The normalized spacial score (nSPS) is 12.4. The SMILES string of the molecule is O=[N+]([O-])c1ccc(C(O)c2cccc3ccccc23)o1. The fourth-order valence-electron chi connectivity index (χ4n) is 2.23. The highest BCUT2D eigenvalue weighted by atomic mass is 16.6. The van der Waals surface area contributed by atoms with Crippen LogP contribution in [0.5, 0.6) is 0 Å². The summed E-state index contributed by atoms with van der Waals surface area (Å²) in [6, 6.07) is 15.8. The summed E-state index contributed by atoms with van der Waals surface area (Å²) in [5.41, 5.74) is 0.660. The van der Waals surface area contributed by atoms with Crippen molar-refractivity contribution >= 4 is 16.7 Å². The van der Waals surface area contributed by atoms with Gasteiger partial charge in [-0.1, -0.05) is 42.5 Å². The smallest absolute Gasteiger partial charge is 0.403 e. The van der Waals surface area contributed by atoms with E-state index < -0.39 is 11.0 Å². The Bertz CT molecular complexity index is 773. The van der Waals surface area contributed by atoms with Gasteiger partial charge >= 0.3 is 5.88 Å². The molecule has 0 amide bonds. The average molecular weight is 269 g/mol. The van der Waals surface area contributed by atoms with Crippen LogP contribution in [0.25, 0.3) is 10.8 Å². The van der Waals surface area contributed by atoms with Gasteiger partial charge in [0.1, 0.15) is 16.8 Å². The molecule has 1 aromatic heterocycles. The predicted molar refractivity (Wildman–Crippen MR) is 73.4 cm³/mol. The molecule has 5 nitrogen and oxygen atoms in total. The third-order valence-electron chi connectivity index (χ3n) is 3.18. The Kier molecular flexibility index (Phi) is 2.96. The van der Waals surface area contributed by atoms with Gasteiger partial charge in [-0.25, -0.2) is 0 Å². The summed E-state index contributed by atoms with van der Waals surface area (Å²) in [6.07, 6.45) is -1.03. The minimum Gasteiger partial charge on any atom is -0.403 e. The van der Waals surface area contributed by atoms with E-state index in [1.54, 1.807) is 6.07 Å². The number of rotatable bonds is 3. The summed E-state index contributed by atoms with van der Waals surface area (Å²) in [6.45, 7) is 0. The second kappa shape index (κ2) is 4.79. The molecule has 5 heteroatoms. The van der Waals surface area contributed by atoms with Crippen molar-refractivity contribution in [1.82, 2.24) is 0 Å². The van der Waals surface area contributed by atoms with Crippen molar-refractivity contribution in [2.45, 2.75) is 6.10 Å². The number of nitro groups is 1. The summed E-state index contributed by atoms with van der Waals surface area (Å²) in [5.74, 6) is -0.215. The summed E-state index contributed by atoms with van der Waals surface area (Å²) in [4.78, 5) is 9.99. The summed E-state index contributed by atoms with van der Waals surface area (Å²) >= 11 is 0. The third-order valence-corrected chi connectivity index (χ3v) is 3.18. The maximum Gasteiger partial charge on any atom is 0.433 e. The first-order valence-corrected chi connectivity index (χ1v) is 6.06. The van der Waals surface area contributed by atoms with Crippen LogP contribution in [0.2, 0.25) is 0 Å². The zero-order chi connectivity index (χ0) is 14.1. The quantitative estimate of drug-likeness (QED) is 0.583. The molecule has 2 aromatic carbocycles. The van der Waals surface area contributed by atoms with Gasteiger partial charge in [0.05, 0.1) is 6.07 Å². The van der Waals surface area contributed by atoms with Crippen LogP contribution in [-0.4, -0.2) is 10.0 Å². The Hall–Kier alpha value is -2.66. The van der Waals surface area contributed by atoms with E-state index in [9.17, 15) is 15.2 Å². The second-order valence-electron chi connectivity index (χ2n) is 4.40. The van der Waals surface area contributed by atoms with Gasteiger partial charge in [0, 0.05) is 0 Å². The third kappa shape index (κ3) is 2.04. The molecule has 0 aliphatic rings. The molecule has 20 heavy (non-hydrogen) atoms. The van der Waals surface area contributed by atoms with Gasteiger partial charge in [0.25, 0.3) is 0 Å². The second-order valence-corrected chi connectivity index (χ2v) is 4.40. The summed E-state index contributed by atoms with van der Waals surface area (Å²) in [7, 11) is 0. The minimum absolute atomic E-state index is 0.160. The maximum absolute atomic E-state index is 10.6. The fourth-order valence-corrected chi connectivity index (χ4v) is 2.23. The van der Waals surface area contributed by atoms with Crippen molar-refractivity contribution in [1.29, 1.82) is 0 Å². The molecule has 1 atom stereocenters. The van der Waals surface area contributed by atoms with E-state index in [4.69, 9.17) is 4.42 Å². The van der Waals surface area contributed by atoms with Crippen LogP contribution < -0.4 is 0 Å². The van der Waals surface area contributed by atoms with Crippen molar-refractivity contribution in [3.8, 4) is 0 Å². The molecule has 3 aromatic rings. The molecule has 0 aliphatic carbocycles. The van der Waals surface area contributed by atoms with Crippen molar-refractivity contribution in [3.63, 3.8) is 0 Å². The van der Waals surface area contributed by atoms with Crippen LogP contribution in [0.1, 0.15) is 17.4 Å². The lowest BCUT2D eigenvalue weighted by atomic mass is 9.99. The Morgan fingerprint density at radius 1 is 1.05 bits per heavy atom. The zero-order valence-corrected chi connectivity index (χ0v) is 10.4. The molecule has 0 aliphatic heterocycles. The zero-order valence-electron chi connectivity index (χ0n) is 10.4. The van der Waals surface area contributed by atoms with Gasteiger partial charge in [-0.3, -0.25) is 10.1 Å². The Morgan fingerprint density at radius 2 is 1.80 bits per heavy atom. The molecule has 1 unspecified atom stereocenters. The number of aliphatic hydroxyl groups excluding tert-OH is 1.